The number of hydrogen-bond acceptors (Lipinski definition) is 6. The van der Waals surface area contributed by atoms with Crippen molar-refractivity contribution in [2.24, 2.45) is 0 Å². The lowest BCUT2D eigenvalue weighted by Gasteiger charge is -2.17. The van der Waals surface area contributed by atoms with Crippen molar-refractivity contribution in [3.8, 4) is 5.75 Å². The first-order chi connectivity index (χ1) is 14.2. The van der Waals surface area contributed by atoms with Crippen LogP contribution in [-0.2, 0) is 6.54 Å². The van der Waals surface area contributed by atoms with Crippen LogP contribution >= 0.6 is 11.6 Å². The molecule has 0 aliphatic heterocycles. The minimum Gasteiger partial charge on any atom is -0.435 e. The van der Waals surface area contributed by atoms with Crippen LogP contribution in [0.4, 0.5) is 20.4 Å². The first kappa shape index (κ1) is 21.4. The molecule has 1 aromatic carbocycles. The van der Waals surface area contributed by atoms with Crippen molar-refractivity contribution in [3.63, 3.8) is 0 Å². The molecule has 0 saturated heterocycles. The number of benzene rings is 1. The van der Waals surface area contributed by atoms with Crippen molar-refractivity contribution in [1.29, 1.82) is 0 Å². The average molecular weight is 438 g/mol. The summed E-state index contributed by atoms with van der Waals surface area (Å²) in [4.78, 5) is 33.5. The predicted molar refractivity (Wildman–Crippen MR) is 108 cm³/mol. The molecule has 2 heterocycles. The van der Waals surface area contributed by atoms with Gasteiger partial charge < -0.3 is 10.1 Å². The van der Waals surface area contributed by atoms with E-state index in [-0.39, 0.29) is 18.2 Å². The van der Waals surface area contributed by atoms with Gasteiger partial charge in [-0.3, -0.25) is 9.55 Å². The Hall–Kier alpha value is -3.27. The number of nitrogens with one attached hydrogen (secondary N) is 1. The van der Waals surface area contributed by atoms with Crippen LogP contribution in [0.1, 0.15) is 25.6 Å². The summed E-state index contributed by atoms with van der Waals surface area (Å²) < 4.78 is 31.6. The second kappa shape index (κ2) is 9.04. The summed E-state index contributed by atoms with van der Waals surface area (Å²) in [5, 5.41) is 3.26. The van der Waals surface area contributed by atoms with Crippen molar-refractivity contribution in [2.75, 3.05) is 5.32 Å². The van der Waals surface area contributed by atoms with Crippen molar-refractivity contribution < 1.29 is 13.5 Å². The smallest absolute Gasteiger partial charge is 0.387 e. The van der Waals surface area contributed by atoms with Crippen LogP contribution < -0.4 is 21.4 Å². The van der Waals surface area contributed by atoms with Gasteiger partial charge in [0.2, 0.25) is 5.95 Å². The topological polar surface area (TPSA) is 91.0 Å². The Balaban J connectivity index is 2.05. The standard InChI is InChI=1S/C19H18ClF2N5O3/c1-11(2)27-18(28)25-17(24-13-4-3-5-15(8-13)30-16(21)22)26(19(27)29)10-14-7-6-12(20)9-23-14/h3-9,11,16H,10H2,1-2H3,(H,24,25,28). The van der Waals surface area contributed by atoms with Gasteiger partial charge in [0.05, 0.1) is 17.3 Å². The number of ether oxygens (including phenoxy) is 1. The van der Waals surface area contributed by atoms with E-state index in [1.807, 2.05) is 0 Å². The lowest BCUT2D eigenvalue weighted by Crippen LogP contribution is -2.43. The maximum Gasteiger partial charge on any atom is 0.387 e. The van der Waals surface area contributed by atoms with E-state index in [9.17, 15) is 18.4 Å². The molecule has 30 heavy (non-hydrogen) atoms. The number of nitrogens with zero attached hydrogens (tertiary/aromatic N) is 4. The van der Waals surface area contributed by atoms with Gasteiger partial charge in [0.1, 0.15) is 5.75 Å². The first-order valence-electron chi connectivity index (χ1n) is 8.90. The number of alkyl halides is 2. The summed E-state index contributed by atoms with van der Waals surface area (Å²) in [6, 6.07) is 8.55. The molecule has 0 radical (unpaired) electrons. The molecule has 0 unspecified atom stereocenters. The van der Waals surface area contributed by atoms with Crippen LogP contribution in [0.2, 0.25) is 5.02 Å². The van der Waals surface area contributed by atoms with Crippen LogP contribution in [0.5, 0.6) is 5.75 Å². The first-order valence-corrected chi connectivity index (χ1v) is 9.28. The highest BCUT2D eigenvalue weighted by Gasteiger charge is 2.16. The summed E-state index contributed by atoms with van der Waals surface area (Å²) in [6.07, 6.45) is 1.44. The van der Waals surface area contributed by atoms with Gasteiger partial charge in [0.15, 0.2) is 0 Å². The van der Waals surface area contributed by atoms with Gasteiger partial charge in [0.25, 0.3) is 0 Å². The Bertz CT molecular complexity index is 1150. The molecule has 3 aromatic rings. The summed E-state index contributed by atoms with van der Waals surface area (Å²) in [5.41, 5.74) is -0.517. The minimum absolute atomic E-state index is 0.00552. The maximum absolute atomic E-state index is 13.0. The molecule has 0 atom stereocenters. The van der Waals surface area contributed by atoms with Gasteiger partial charge in [-0.05, 0) is 38.1 Å². The molecule has 0 bridgehead atoms. The summed E-state index contributed by atoms with van der Waals surface area (Å²) in [5.74, 6) is -0.147. The van der Waals surface area contributed by atoms with Crippen molar-refractivity contribution in [2.45, 2.75) is 33.0 Å². The number of aromatic nitrogens is 4. The van der Waals surface area contributed by atoms with E-state index < -0.39 is 24.0 Å². The molecular formula is C19H18ClF2N5O3. The van der Waals surface area contributed by atoms with Crippen LogP contribution in [-0.4, -0.2) is 25.7 Å². The SMILES string of the molecule is CC(C)n1c(=O)nc(Nc2cccc(OC(F)F)c2)n(Cc2ccc(Cl)cn2)c1=O. The highest BCUT2D eigenvalue weighted by molar-refractivity contribution is 6.30. The Morgan fingerprint density at radius 3 is 2.60 bits per heavy atom. The molecule has 1 N–H and O–H groups in total. The number of anilines is 2. The number of pyridine rings is 1. The summed E-state index contributed by atoms with van der Waals surface area (Å²) in [6.45, 7) is 0.398. The molecule has 0 amide bonds. The van der Waals surface area contributed by atoms with Gasteiger partial charge in [-0.1, -0.05) is 17.7 Å². The summed E-state index contributed by atoms with van der Waals surface area (Å²) in [7, 11) is 0. The fourth-order valence-electron chi connectivity index (χ4n) is 2.73. The third-order valence-corrected chi connectivity index (χ3v) is 4.26. The van der Waals surface area contributed by atoms with Crippen LogP contribution in [0, 0.1) is 0 Å². The maximum atomic E-state index is 13.0. The van der Waals surface area contributed by atoms with E-state index >= 15 is 0 Å². The van der Waals surface area contributed by atoms with E-state index in [2.05, 4.69) is 20.0 Å². The van der Waals surface area contributed by atoms with Crippen LogP contribution in [0.3, 0.4) is 0 Å². The Kier molecular flexibility index (Phi) is 6.46. The van der Waals surface area contributed by atoms with Gasteiger partial charge in [-0.15, -0.1) is 0 Å². The monoisotopic (exact) mass is 437 g/mol. The van der Waals surface area contributed by atoms with Gasteiger partial charge in [-0.25, -0.2) is 14.2 Å². The minimum atomic E-state index is -2.98. The van der Waals surface area contributed by atoms with Crippen LogP contribution in [0.15, 0.2) is 52.2 Å². The number of halogens is 3. The zero-order chi connectivity index (χ0) is 21.8. The van der Waals surface area contributed by atoms with Gasteiger partial charge in [0, 0.05) is 24.0 Å². The average Bonchev–Trinajstić information content (AvgIpc) is 2.65. The highest BCUT2D eigenvalue weighted by atomic mass is 35.5. The van der Waals surface area contributed by atoms with E-state index in [1.165, 1.54) is 29.0 Å². The molecule has 0 fully saturated rings. The summed E-state index contributed by atoms with van der Waals surface area (Å²) >= 11 is 5.86. The number of rotatable bonds is 7. The molecule has 2 aromatic heterocycles. The Morgan fingerprint density at radius 1 is 1.20 bits per heavy atom. The van der Waals surface area contributed by atoms with Crippen molar-refractivity contribution in [3.05, 3.63) is 74.3 Å². The molecule has 0 aliphatic rings. The quantitative estimate of drug-likeness (QED) is 0.609. The fourth-order valence-corrected chi connectivity index (χ4v) is 2.84. The molecule has 158 valence electrons. The van der Waals surface area contributed by atoms with E-state index in [1.54, 1.807) is 32.0 Å². The Morgan fingerprint density at radius 2 is 1.97 bits per heavy atom. The number of hydrogen-bond donors (Lipinski definition) is 1. The molecular weight excluding hydrogens is 420 g/mol. The lowest BCUT2D eigenvalue weighted by molar-refractivity contribution is -0.0498. The predicted octanol–water partition coefficient (Wildman–Crippen LogP) is 3.43. The second-order valence-corrected chi connectivity index (χ2v) is 6.99. The molecule has 8 nitrogen and oxygen atoms in total. The van der Waals surface area contributed by atoms with Crippen molar-refractivity contribution in [1.82, 2.24) is 19.1 Å². The molecule has 3 rings (SSSR count). The molecule has 0 saturated carbocycles. The zero-order valence-corrected chi connectivity index (χ0v) is 16.8. The largest absolute Gasteiger partial charge is 0.435 e. The van der Waals surface area contributed by atoms with E-state index in [4.69, 9.17) is 11.6 Å². The van der Waals surface area contributed by atoms with Gasteiger partial charge in [-0.2, -0.15) is 13.8 Å². The molecule has 11 heteroatoms. The van der Waals surface area contributed by atoms with Crippen molar-refractivity contribution >= 4 is 23.2 Å². The van der Waals surface area contributed by atoms with Gasteiger partial charge >= 0.3 is 18.0 Å². The highest BCUT2D eigenvalue weighted by Crippen LogP contribution is 2.21. The Labute approximate surface area is 174 Å². The zero-order valence-electron chi connectivity index (χ0n) is 16.1. The lowest BCUT2D eigenvalue weighted by atomic mass is 10.3. The van der Waals surface area contributed by atoms with E-state index in [0.29, 0.717) is 16.4 Å². The third-order valence-electron chi connectivity index (χ3n) is 4.04. The fraction of sp³-hybridized carbons (Fsp3) is 0.263. The second-order valence-electron chi connectivity index (χ2n) is 6.55. The molecule has 0 spiro atoms. The third kappa shape index (κ3) is 5.01. The van der Waals surface area contributed by atoms with E-state index in [0.717, 1.165) is 4.57 Å². The van der Waals surface area contributed by atoms with Crippen LogP contribution in [0.25, 0.3) is 0 Å². The normalized spacial score (nSPS) is 11.2. The molecule has 0 aliphatic carbocycles.